The third-order valence-electron chi connectivity index (χ3n) is 4.08. The molecular formula is C20H19NO5. The van der Waals surface area contributed by atoms with E-state index in [2.05, 4.69) is 5.32 Å². The molecule has 26 heavy (non-hydrogen) atoms. The van der Waals surface area contributed by atoms with E-state index < -0.39 is 5.97 Å². The molecule has 0 aliphatic heterocycles. The van der Waals surface area contributed by atoms with Crippen molar-refractivity contribution in [2.75, 3.05) is 19.0 Å². The maximum absolute atomic E-state index is 12.1. The minimum absolute atomic E-state index is 0.00501. The number of ketones is 1. The fraction of sp³-hybridized carbons (Fsp3) is 0.250. The first-order valence-electron chi connectivity index (χ1n) is 8.32. The Morgan fingerprint density at radius 2 is 1.58 bits per heavy atom. The van der Waals surface area contributed by atoms with E-state index in [1.807, 2.05) is 0 Å². The van der Waals surface area contributed by atoms with Crippen molar-refractivity contribution in [1.29, 1.82) is 0 Å². The highest BCUT2D eigenvalue weighted by Gasteiger charge is 2.29. The summed E-state index contributed by atoms with van der Waals surface area (Å²) in [6, 6.07) is 13.0. The zero-order valence-electron chi connectivity index (χ0n) is 14.4. The van der Waals surface area contributed by atoms with E-state index in [1.165, 1.54) is 0 Å². The maximum atomic E-state index is 12.1. The minimum atomic E-state index is -0.591. The molecule has 2 aromatic rings. The highest BCUT2D eigenvalue weighted by molar-refractivity contribution is 5.99. The summed E-state index contributed by atoms with van der Waals surface area (Å²) in [6.07, 6.45) is 1.86. The molecule has 0 aromatic heterocycles. The van der Waals surface area contributed by atoms with Crippen LogP contribution in [0.5, 0.6) is 5.75 Å². The molecule has 1 fully saturated rings. The lowest BCUT2D eigenvalue weighted by molar-refractivity contribution is -0.117. The van der Waals surface area contributed by atoms with Gasteiger partial charge in [0.1, 0.15) is 5.75 Å². The van der Waals surface area contributed by atoms with Crippen LogP contribution in [0.4, 0.5) is 5.69 Å². The Bertz CT molecular complexity index is 807. The summed E-state index contributed by atoms with van der Waals surface area (Å²) >= 11 is 0. The van der Waals surface area contributed by atoms with Crippen LogP contribution >= 0.6 is 0 Å². The molecule has 1 aliphatic rings. The molecular weight excluding hydrogens is 334 g/mol. The van der Waals surface area contributed by atoms with E-state index in [4.69, 9.17) is 9.47 Å². The number of hydrogen-bond acceptors (Lipinski definition) is 5. The Kier molecular flexibility index (Phi) is 5.31. The van der Waals surface area contributed by atoms with Gasteiger partial charge in [-0.1, -0.05) is 0 Å². The first-order chi connectivity index (χ1) is 12.6. The fourth-order valence-electron chi connectivity index (χ4n) is 2.35. The van der Waals surface area contributed by atoms with Gasteiger partial charge in [-0.25, -0.2) is 4.79 Å². The van der Waals surface area contributed by atoms with Gasteiger partial charge >= 0.3 is 5.97 Å². The predicted octanol–water partition coefficient (Wildman–Crippen LogP) is 3.08. The lowest BCUT2D eigenvalue weighted by Gasteiger charge is -2.07. The third-order valence-corrected chi connectivity index (χ3v) is 4.08. The number of carbonyl (C=O) groups is 3. The average Bonchev–Trinajstić information content (AvgIpc) is 3.52. The number of Topliss-reactive ketones (excluding diaryl/α,β-unsaturated/α-hetero) is 1. The van der Waals surface area contributed by atoms with Gasteiger partial charge in [-0.2, -0.15) is 0 Å². The van der Waals surface area contributed by atoms with E-state index >= 15 is 0 Å². The molecule has 3 rings (SSSR count). The SMILES string of the molecule is COc1ccc(C(=O)COC(=O)c2ccc(NC(=O)C3CC3)cc2)cc1. The van der Waals surface area contributed by atoms with E-state index in [0.29, 0.717) is 22.6 Å². The molecule has 1 amide bonds. The second-order valence-electron chi connectivity index (χ2n) is 6.07. The van der Waals surface area contributed by atoms with Gasteiger partial charge in [-0.3, -0.25) is 9.59 Å². The number of esters is 1. The van der Waals surface area contributed by atoms with Crippen molar-refractivity contribution >= 4 is 23.3 Å². The van der Waals surface area contributed by atoms with Crippen molar-refractivity contribution < 1.29 is 23.9 Å². The first-order valence-corrected chi connectivity index (χ1v) is 8.32. The average molecular weight is 353 g/mol. The molecule has 134 valence electrons. The van der Waals surface area contributed by atoms with E-state index in [1.54, 1.807) is 55.6 Å². The van der Waals surface area contributed by atoms with Gasteiger partial charge in [0.2, 0.25) is 5.91 Å². The van der Waals surface area contributed by atoms with Crippen molar-refractivity contribution in [2.45, 2.75) is 12.8 Å². The quantitative estimate of drug-likeness (QED) is 0.611. The molecule has 0 spiro atoms. The Balaban J connectivity index is 1.52. The van der Waals surface area contributed by atoms with Crippen molar-refractivity contribution in [3.63, 3.8) is 0 Å². The standard InChI is InChI=1S/C20H19NO5/c1-25-17-10-6-13(7-11-17)18(22)12-26-20(24)15-4-8-16(9-5-15)21-19(23)14-2-3-14/h4-11,14H,2-3,12H2,1H3,(H,21,23). The summed E-state index contributed by atoms with van der Waals surface area (Å²) in [4.78, 5) is 35.8. The molecule has 1 aliphatic carbocycles. The molecule has 0 radical (unpaired) electrons. The van der Waals surface area contributed by atoms with Crippen LogP contribution in [0.3, 0.4) is 0 Å². The second kappa shape index (κ2) is 7.82. The van der Waals surface area contributed by atoms with Crippen LogP contribution < -0.4 is 10.1 Å². The van der Waals surface area contributed by atoms with E-state index in [-0.39, 0.29) is 24.2 Å². The summed E-state index contributed by atoms with van der Waals surface area (Å²) in [6.45, 7) is -0.342. The van der Waals surface area contributed by atoms with Crippen molar-refractivity contribution in [2.24, 2.45) is 5.92 Å². The second-order valence-corrected chi connectivity index (χ2v) is 6.07. The highest BCUT2D eigenvalue weighted by atomic mass is 16.5. The monoisotopic (exact) mass is 353 g/mol. The third kappa shape index (κ3) is 4.47. The molecule has 6 heteroatoms. The Morgan fingerprint density at radius 3 is 2.15 bits per heavy atom. The number of benzene rings is 2. The number of amides is 1. The summed E-state index contributed by atoms with van der Waals surface area (Å²) in [7, 11) is 1.54. The van der Waals surface area contributed by atoms with Crippen LogP contribution in [0.2, 0.25) is 0 Å². The topological polar surface area (TPSA) is 81.7 Å². The van der Waals surface area contributed by atoms with Gasteiger partial charge in [0, 0.05) is 17.2 Å². The summed E-state index contributed by atoms with van der Waals surface area (Å²) in [5.74, 6) is -0.123. The van der Waals surface area contributed by atoms with Crippen LogP contribution in [-0.4, -0.2) is 31.4 Å². The minimum Gasteiger partial charge on any atom is -0.497 e. The predicted molar refractivity (Wildman–Crippen MR) is 95.4 cm³/mol. The number of methoxy groups -OCH3 is 1. The van der Waals surface area contributed by atoms with Crippen LogP contribution in [0.25, 0.3) is 0 Å². The van der Waals surface area contributed by atoms with Crippen molar-refractivity contribution in [1.82, 2.24) is 0 Å². The Hall–Kier alpha value is -3.15. The lowest BCUT2D eigenvalue weighted by atomic mass is 10.1. The van der Waals surface area contributed by atoms with Crippen LogP contribution in [0, 0.1) is 5.92 Å². The molecule has 1 N–H and O–H groups in total. The van der Waals surface area contributed by atoms with Crippen LogP contribution in [0.1, 0.15) is 33.6 Å². The number of anilines is 1. The molecule has 0 unspecified atom stereocenters. The van der Waals surface area contributed by atoms with E-state index in [0.717, 1.165) is 12.8 Å². The molecule has 6 nitrogen and oxygen atoms in total. The van der Waals surface area contributed by atoms with Crippen LogP contribution in [-0.2, 0) is 9.53 Å². The number of carbonyl (C=O) groups excluding carboxylic acids is 3. The molecule has 0 atom stereocenters. The number of rotatable bonds is 7. The number of ether oxygens (including phenoxy) is 2. The van der Waals surface area contributed by atoms with Gasteiger partial charge in [0.25, 0.3) is 0 Å². The zero-order chi connectivity index (χ0) is 18.5. The Labute approximate surface area is 151 Å². The maximum Gasteiger partial charge on any atom is 0.338 e. The lowest BCUT2D eigenvalue weighted by Crippen LogP contribution is -2.15. The molecule has 2 aromatic carbocycles. The van der Waals surface area contributed by atoms with Crippen LogP contribution in [0.15, 0.2) is 48.5 Å². The molecule has 0 bridgehead atoms. The largest absolute Gasteiger partial charge is 0.497 e. The zero-order valence-corrected chi connectivity index (χ0v) is 14.4. The van der Waals surface area contributed by atoms with Crippen molar-refractivity contribution in [3.8, 4) is 5.75 Å². The first kappa shape index (κ1) is 17.7. The molecule has 0 saturated heterocycles. The van der Waals surface area contributed by atoms with Gasteiger partial charge in [0.05, 0.1) is 12.7 Å². The van der Waals surface area contributed by atoms with Crippen molar-refractivity contribution in [3.05, 3.63) is 59.7 Å². The number of nitrogens with one attached hydrogen (secondary N) is 1. The van der Waals surface area contributed by atoms with Gasteiger partial charge in [0.15, 0.2) is 12.4 Å². The summed E-state index contributed by atoms with van der Waals surface area (Å²) in [5, 5.41) is 2.80. The smallest absolute Gasteiger partial charge is 0.338 e. The normalized spacial score (nSPS) is 13.0. The fourth-order valence-corrected chi connectivity index (χ4v) is 2.35. The highest BCUT2D eigenvalue weighted by Crippen LogP contribution is 2.30. The molecule has 1 saturated carbocycles. The summed E-state index contributed by atoms with van der Waals surface area (Å²) < 4.78 is 10.1. The Morgan fingerprint density at radius 1 is 0.962 bits per heavy atom. The summed E-state index contributed by atoms with van der Waals surface area (Å²) in [5.41, 5.74) is 1.39. The van der Waals surface area contributed by atoms with Gasteiger partial charge in [-0.15, -0.1) is 0 Å². The number of hydrogen-bond donors (Lipinski definition) is 1. The van der Waals surface area contributed by atoms with Gasteiger partial charge < -0.3 is 14.8 Å². The molecule has 0 heterocycles. The van der Waals surface area contributed by atoms with E-state index in [9.17, 15) is 14.4 Å². The van der Waals surface area contributed by atoms with Gasteiger partial charge in [-0.05, 0) is 61.4 Å².